The van der Waals surface area contributed by atoms with Crippen molar-refractivity contribution in [3.63, 3.8) is 0 Å². The van der Waals surface area contributed by atoms with Gasteiger partial charge in [-0.25, -0.2) is 4.39 Å². The summed E-state index contributed by atoms with van der Waals surface area (Å²) < 4.78 is 25.0. The average molecular weight is 275 g/mol. The van der Waals surface area contributed by atoms with Crippen LogP contribution in [0.25, 0.3) is 0 Å². The van der Waals surface area contributed by atoms with Gasteiger partial charge in [0.25, 0.3) is 0 Å². The van der Waals surface area contributed by atoms with E-state index >= 15 is 0 Å². The zero-order valence-electron chi connectivity index (χ0n) is 11.8. The molecule has 106 valence electrons. The van der Waals surface area contributed by atoms with Crippen molar-refractivity contribution in [1.82, 2.24) is 0 Å². The number of nitrogen functional groups attached to an aromatic ring is 1. The number of anilines is 1. The van der Waals surface area contributed by atoms with E-state index in [1.54, 1.807) is 43.3 Å². The Labute approximate surface area is 118 Å². The molecule has 0 heterocycles. The van der Waals surface area contributed by atoms with Crippen molar-refractivity contribution in [2.45, 2.75) is 26.9 Å². The Bertz CT molecular complexity index is 611. The van der Waals surface area contributed by atoms with Crippen LogP contribution in [0, 0.1) is 12.7 Å². The zero-order valence-corrected chi connectivity index (χ0v) is 11.8. The molecule has 3 nitrogen and oxygen atoms in total. The topological polar surface area (TPSA) is 44.5 Å². The fourth-order valence-corrected chi connectivity index (χ4v) is 1.76. The summed E-state index contributed by atoms with van der Waals surface area (Å²) in [7, 11) is 0. The first-order valence-corrected chi connectivity index (χ1v) is 6.46. The van der Waals surface area contributed by atoms with Crippen LogP contribution in [-0.2, 0) is 0 Å². The Hall–Kier alpha value is -2.23. The van der Waals surface area contributed by atoms with Gasteiger partial charge in [0.05, 0.1) is 11.8 Å². The Balaban J connectivity index is 2.27. The van der Waals surface area contributed by atoms with Crippen molar-refractivity contribution in [2.75, 3.05) is 5.73 Å². The molecule has 0 saturated carbocycles. The third-order valence-electron chi connectivity index (χ3n) is 2.73. The maximum Gasteiger partial charge on any atom is 0.168 e. The average Bonchev–Trinajstić information content (AvgIpc) is 2.38. The summed E-state index contributed by atoms with van der Waals surface area (Å²) in [6.45, 7) is 5.51. The smallest absolute Gasteiger partial charge is 0.168 e. The third-order valence-corrected chi connectivity index (χ3v) is 2.73. The molecule has 4 heteroatoms. The standard InChI is InChI=1S/C16H18FNO2/c1-10(2)19-15-9-12(7-8-13(15)18)20-14-6-4-5-11(3)16(14)17/h4-10H,18H2,1-3H3. The molecule has 2 aromatic rings. The molecule has 2 N–H and O–H groups in total. The van der Waals surface area contributed by atoms with Crippen LogP contribution < -0.4 is 15.2 Å². The second-order valence-electron chi connectivity index (χ2n) is 4.86. The van der Waals surface area contributed by atoms with Crippen LogP contribution in [0.2, 0.25) is 0 Å². The van der Waals surface area contributed by atoms with Gasteiger partial charge in [0.15, 0.2) is 11.6 Å². The number of nitrogens with two attached hydrogens (primary N) is 1. The normalized spacial score (nSPS) is 10.7. The lowest BCUT2D eigenvalue weighted by atomic mass is 10.2. The minimum absolute atomic E-state index is 0.00301. The fourth-order valence-electron chi connectivity index (χ4n) is 1.76. The van der Waals surface area contributed by atoms with Gasteiger partial charge in [-0.15, -0.1) is 0 Å². The van der Waals surface area contributed by atoms with Crippen molar-refractivity contribution in [2.24, 2.45) is 0 Å². The van der Waals surface area contributed by atoms with Gasteiger partial charge in [-0.1, -0.05) is 12.1 Å². The highest BCUT2D eigenvalue weighted by molar-refractivity contribution is 5.56. The van der Waals surface area contributed by atoms with Crippen LogP contribution in [0.5, 0.6) is 17.2 Å². The lowest BCUT2D eigenvalue weighted by molar-refractivity contribution is 0.243. The Morgan fingerprint density at radius 3 is 2.55 bits per heavy atom. The molecule has 0 amide bonds. The van der Waals surface area contributed by atoms with E-state index in [1.165, 1.54) is 0 Å². The predicted molar refractivity (Wildman–Crippen MR) is 77.8 cm³/mol. The quantitative estimate of drug-likeness (QED) is 0.846. The second kappa shape index (κ2) is 5.82. The Kier molecular flexibility index (Phi) is 4.13. The lowest BCUT2D eigenvalue weighted by Crippen LogP contribution is -2.07. The van der Waals surface area contributed by atoms with E-state index in [1.807, 2.05) is 13.8 Å². The first-order chi connectivity index (χ1) is 9.47. The summed E-state index contributed by atoms with van der Waals surface area (Å²) in [6.07, 6.45) is 0.00301. The van der Waals surface area contributed by atoms with Gasteiger partial charge in [0, 0.05) is 6.07 Å². The summed E-state index contributed by atoms with van der Waals surface area (Å²) in [5.74, 6) is 0.839. The number of halogens is 1. The van der Waals surface area contributed by atoms with Crippen LogP contribution in [0.1, 0.15) is 19.4 Å². The van der Waals surface area contributed by atoms with E-state index in [-0.39, 0.29) is 17.7 Å². The van der Waals surface area contributed by atoms with Crippen LogP contribution in [0.3, 0.4) is 0 Å². The van der Waals surface area contributed by atoms with Crippen molar-refractivity contribution in [3.05, 3.63) is 47.8 Å². The lowest BCUT2D eigenvalue weighted by Gasteiger charge is -2.14. The summed E-state index contributed by atoms with van der Waals surface area (Å²) in [6, 6.07) is 10.1. The zero-order chi connectivity index (χ0) is 14.7. The predicted octanol–water partition coefficient (Wildman–Crippen LogP) is 4.30. The van der Waals surface area contributed by atoms with Crippen LogP contribution in [0.15, 0.2) is 36.4 Å². The summed E-state index contributed by atoms with van der Waals surface area (Å²) in [4.78, 5) is 0. The second-order valence-corrected chi connectivity index (χ2v) is 4.86. The molecule has 0 aliphatic heterocycles. The maximum absolute atomic E-state index is 13.9. The summed E-state index contributed by atoms with van der Waals surface area (Å²) in [5.41, 5.74) is 6.89. The van der Waals surface area contributed by atoms with Crippen LogP contribution in [0.4, 0.5) is 10.1 Å². The number of hydrogen-bond acceptors (Lipinski definition) is 3. The molecule has 0 atom stereocenters. The van der Waals surface area contributed by atoms with Crippen molar-refractivity contribution in [3.8, 4) is 17.2 Å². The minimum Gasteiger partial charge on any atom is -0.489 e. The fraction of sp³-hybridized carbons (Fsp3) is 0.250. The van der Waals surface area contributed by atoms with Crippen LogP contribution >= 0.6 is 0 Å². The third kappa shape index (κ3) is 3.20. The number of ether oxygens (including phenoxy) is 2. The van der Waals surface area contributed by atoms with Gasteiger partial charge < -0.3 is 15.2 Å². The molecule has 0 spiro atoms. The molecular weight excluding hydrogens is 257 g/mol. The molecule has 0 aliphatic rings. The molecule has 0 unspecified atom stereocenters. The van der Waals surface area contributed by atoms with Gasteiger partial charge in [-0.2, -0.15) is 0 Å². The van der Waals surface area contributed by atoms with E-state index in [9.17, 15) is 4.39 Å². The van der Waals surface area contributed by atoms with E-state index in [0.29, 0.717) is 22.7 Å². The molecule has 0 aromatic heterocycles. The number of aryl methyl sites for hydroxylation is 1. The van der Waals surface area contributed by atoms with Crippen LogP contribution in [-0.4, -0.2) is 6.10 Å². The van der Waals surface area contributed by atoms with Gasteiger partial charge >= 0.3 is 0 Å². The first-order valence-electron chi connectivity index (χ1n) is 6.46. The number of rotatable bonds is 4. The number of hydrogen-bond donors (Lipinski definition) is 1. The first kappa shape index (κ1) is 14.2. The monoisotopic (exact) mass is 275 g/mol. The summed E-state index contributed by atoms with van der Waals surface area (Å²) >= 11 is 0. The van der Waals surface area contributed by atoms with Gasteiger partial charge in [0.1, 0.15) is 11.5 Å². The summed E-state index contributed by atoms with van der Waals surface area (Å²) in [5, 5.41) is 0. The maximum atomic E-state index is 13.9. The molecule has 0 bridgehead atoms. The Morgan fingerprint density at radius 2 is 1.85 bits per heavy atom. The van der Waals surface area contributed by atoms with Gasteiger partial charge in [-0.05, 0) is 44.5 Å². The highest BCUT2D eigenvalue weighted by atomic mass is 19.1. The molecule has 2 aromatic carbocycles. The van der Waals surface area contributed by atoms with Gasteiger partial charge in [-0.3, -0.25) is 0 Å². The molecule has 0 aliphatic carbocycles. The van der Waals surface area contributed by atoms with Crippen molar-refractivity contribution in [1.29, 1.82) is 0 Å². The molecular formula is C16H18FNO2. The van der Waals surface area contributed by atoms with E-state index in [2.05, 4.69) is 0 Å². The van der Waals surface area contributed by atoms with Crippen molar-refractivity contribution >= 4 is 5.69 Å². The number of benzene rings is 2. The SMILES string of the molecule is Cc1cccc(Oc2ccc(N)c(OC(C)C)c2)c1F. The molecule has 20 heavy (non-hydrogen) atoms. The highest BCUT2D eigenvalue weighted by Gasteiger charge is 2.09. The van der Waals surface area contributed by atoms with Crippen molar-refractivity contribution < 1.29 is 13.9 Å². The highest BCUT2D eigenvalue weighted by Crippen LogP contribution is 2.32. The molecule has 2 rings (SSSR count). The van der Waals surface area contributed by atoms with E-state index in [0.717, 1.165) is 0 Å². The molecule has 0 fully saturated rings. The van der Waals surface area contributed by atoms with Gasteiger partial charge in [0.2, 0.25) is 0 Å². The minimum atomic E-state index is -0.365. The molecule has 0 radical (unpaired) electrons. The van der Waals surface area contributed by atoms with E-state index in [4.69, 9.17) is 15.2 Å². The largest absolute Gasteiger partial charge is 0.489 e. The molecule has 0 saturated heterocycles. The van der Waals surface area contributed by atoms with E-state index < -0.39 is 0 Å². The Morgan fingerprint density at radius 1 is 1.10 bits per heavy atom.